The number of hydrogen-bond acceptors (Lipinski definition) is 3. The molecule has 1 N–H and O–H groups in total. The van der Waals surface area contributed by atoms with Gasteiger partial charge in [-0.2, -0.15) is 0 Å². The summed E-state index contributed by atoms with van der Waals surface area (Å²) < 4.78 is 41.3. The average molecular weight is 378 g/mol. The lowest BCUT2D eigenvalue weighted by atomic mass is 10.1. The molecular formula is C21H25F3N2O. The lowest BCUT2D eigenvalue weighted by Gasteiger charge is -2.41. The van der Waals surface area contributed by atoms with Crippen LogP contribution < -0.4 is 0 Å². The van der Waals surface area contributed by atoms with Gasteiger partial charge in [0.2, 0.25) is 0 Å². The average Bonchev–Trinajstić information content (AvgIpc) is 2.68. The minimum atomic E-state index is -1.11. The topological polar surface area (TPSA) is 26.7 Å². The molecule has 1 aliphatic heterocycles. The van der Waals surface area contributed by atoms with Crippen LogP contribution in [0.15, 0.2) is 42.5 Å². The van der Waals surface area contributed by atoms with Crippen LogP contribution in [0.5, 0.6) is 0 Å². The number of piperazine rings is 1. The summed E-state index contributed by atoms with van der Waals surface area (Å²) in [6, 6.07) is 12.1. The van der Waals surface area contributed by atoms with Crippen molar-refractivity contribution in [2.75, 3.05) is 32.8 Å². The molecule has 0 aromatic heterocycles. The second-order valence-corrected chi connectivity index (χ2v) is 6.99. The zero-order valence-electron chi connectivity index (χ0n) is 15.3. The van der Waals surface area contributed by atoms with Gasteiger partial charge in [0.1, 0.15) is 5.82 Å². The number of aliphatic hydroxyl groups is 1. The van der Waals surface area contributed by atoms with Crippen molar-refractivity contribution in [3.8, 4) is 0 Å². The van der Waals surface area contributed by atoms with E-state index in [1.54, 1.807) is 0 Å². The molecule has 1 heterocycles. The van der Waals surface area contributed by atoms with Gasteiger partial charge >= 0.3 is 0 Å². The number of benzene rings is 2. The van der Waals surface area contributed by atoms with Gasteiger partial charge in [-0.05, 0) is 30.5 Å². The Morgan fingerprint density at radius 2 is 1.70 bits per heavy atom. The maximum atomic E-state index is 14.0. The van der Waals surface area contributed by atoms with Gasteiger partial charge in [-0.25, -0.2) is 13.2 Å². The van der Waals surface area contributed by atoms with Crippen molar-refractivity contribution in [3.05, 3.63) is 71.0 Å². The van der Waals surface area contributed by atoms with E-state index in [4.69, 9.17) is 0 Å². The molecule has 0 unspecified atom stereocenters. The predicted molar refractivity (Wildman–Crippen MR) is 98.8 cm³/mol. The van der Waals surface area contributed by atoms with Crippen molar-refractivity contribution in [1.82, 2.24) is 9.80 Å². The van der Waals surface area contributed by atoms with Crippen LogP contribution in [0.2, 0.25) is 0 Å². The Labute approximate surface area is 158 Å². The molecule has 0 saturated carbocycles. The number of rotatable bonds is 7. The molecule has 0 bridgehead atoms. The molecule has 0 radical (unpaired) electrons. The van der Waals surface area contributed by atoms with Crippen molar-refractivity contribution in [2.24, 2.45) is 0 Å². The molecular weight excluding hydrogens is 353 g/mol. The third-order valence-electron chi connectivity index (χ3n) is 5.20. The molecule has 2 aromatic carbocycles. The van der Waals surface area contributed by atoms with E-state index in [9.17, 15) is 18.3 Å². The van der Waals surface area contributed by atoms with Gasteiger partial charge in [0.15, 0.2) is 11.6 Å². The van der Waals surface area contributed by atoms with E-state index in [2.05, 4.69) is 17.0 Å². The first-order valence-electron chi connectivity index (χ1n) is 9.32. The fourth-order valence-corrected chi connectivity index (χ4v) is 3.67. The Hall–Kier alpha value is -1.89. The van der Waals surface area contributed by atoms with E-state index in [1.807, 2.05) is 23.1 Å². The van der Waals surface area contributed by atoms with Crippen LogP contribution in [0.3, 0.4) is 0 Å². The van der Waals surface area contributed by atoms with Gasteiger partial charge in [0, 0.05) is 50.9 Å². The van der Waals surface area contributed by atoms with Crippen molar-refractivity contribution < 1.29 is 18.3 Å². The largest absolute Gasteiger partial charge is 0.396 e. The summed E-state index contributed by atoms with van der Waals surface area (Å²) >= 11 is 0. The molecule has 1 atom stereocenters. The Kier molecular flexibility index (Phi) is 6.88. The Balaban J connectivity index is 1.63. The van der Waals surface area contributed by atoms with Gasteiger partial charge in [0.05, 0.1) is 0 Å². The summed E-state index contributed by atoms with van der Waals surface area (Å²) in [5, 5.41) is 9.41. The number of halogens is 3. The van der Waals surface area contributed by atoms with Crippen LogP contribution in [0, 0.1) is 17.5 Å². The van der Waals surface area contributed by atoms with Crippen LogP contribution >= 0.6 is 0 Å². The third-order valence-corrected chi connectivity index (χ3v) is 5.20. The van der Waals surface area contributed by atoms with E-state index >= 15 is 0 Å². The van der Waals surface area contributed by atoms with Crippen LogP contribution in [-0.2, 0) is 13.0 Å². The van der Waals surface area contributed by atoms with E-state index in [0.717, 1.165) is 31.6 Å². The van der Waals surface area contributed by atoms with Crippen LogP contribution in [0.4, 0.5) is 13.2 Å². The zero-order chi connectivity index (χ0) is 19.2. The molecule has 1 aliphatic rings. The predicted octanol–water partition coefficient (Wildman–Crippen LogP) is 3.22. The van der Waals surface area contributed by atoms with Gasteiger partial charge in [0.25, 0.3) is 0 Å². The molecule has 1 saturated heterocycles. The smallest absolute Gasteiger partial charge is 0.166 e. The van der Waals surface area contributed by atoms with Crippen LogP contribution in [-0.4, -0.2) is 53.7 Å². The second-order valence-electron chi connectivity index (χ2n) is 6.99. The van der Waals surface area contributed by atoms with Crippen LogP contribution in [0.25, 0.3) is 0 Å². The van der Waals surface area contributed by atoms with Gasteiger partial charge in [-0.1, -0.05) is 30.3 Å². The van der Waals surface area contributed by atoms with E-state index in [0.29, 0.717) is 19.5 Å². The summed E-state index contributed by atoms with van der Waals surface area (Å²) in [5.74, 6) is -2.86. The number of nitrogens with zero attached hydrogens (tertiary/aromatic N) is 2. The minimum Gasteiger partial charge on any atom is -0.396 e. The molecule has 6 heteroatoms. The zero-order valence-corrected chi connectivity index (χ0v) is 15.3. The fraction of sp³-hybridized carbons (Fsp3) is 0.429. The normalized spacial score (nSPS) is 18.7. The molecule has 0 aliphatic carbocycles. The first kappa shape index (κ1) is 19.9. The van der Waals surface area contributed by atoms with Gasteiger partial charge in [-0.15, -0.1) is 0 Å². The fourth-order valence-electron chi connectivity index (χ4n) is 3.67. The molecule has 27 heavy (non-hydrogen) atoms. The quantitative estimate of drug-likeness (QED) is 0.750. The Morgan fingerprint density at radius 1 is 0.963 bits per heavy atom. The Morgan fingerprint density at radius 3 is 2.44 bits per heavy atom. The summed E-state index contributed by atoms with van der Waals surface area (Å²) in [7, 11) is 0. The summed E-state index contributed by atoms with van der Waals surface area (Å²) in [6.07, 6.45) is 1.51. The van der Waals surface area contributed by atoms with Crippen molar-refractivity contribution >= 4 is 0 Å². The Bertz CT molecular complexity index is 742. The molecule has 3 rings (SSSR count). The summed E-state index contributed by atoms with van der Waals surface area (Å²) in [5.41, 5.74) is 1.03. The summed E-state index contributed by atoms with van der Waals surface area (Å²) in [4.78, 5) is 4.25. The van der Waals surface area contributed by atoms with E-state index < -0.39 is 17.5 Å². The first-order valence-corrected chi connectivity index (χ1v) is 9.32. The minimum absolute atomic E-state index is 0.0316. The third kappa shape index (κ3) is 5.09. The monoisotopic (exact) mass is 378 g/mol. The van der Waals surface area contributed by atoms with Crippen LogP contribution in [0.1, 0.15) is 17.5 Å². The van der Waals surface area contributed by atoms with Crippen molar-refractivity contribution in [3.63, 3.8) is 0 Å². The lowest BCUT2D eigenvalue weighted by Crippen LogP contribution is -2.53. The molecule has 0 spiro atoms. The first-order chi connectivity index (χ1) is 13.1. The highest BCUT2D eigenvalue weighted by Gasteiger charge is 2.28. The second kappa shape index (κ2) is 9.35. The maximum Gasteiger partial charge on any atom is 0.166 e. The highest BCUT2D eigenvalue weighted by atomic mass is 19.2. The highest BCUT2D eigenvalue weighted by molar-refractivity contribution is 5.21. The lowest BCUT2D eigenvalue weighted by molar-refractivity contribution is 0.0550. The number of hydrogen-bond donors (Lipinski definition) is 1. The molecule has 0 amide bonds. The highest BCUT2D eigenvalue weighted by Crippen LogP contribution is 2.21. The van der Waals surface area contributed by atoms with Gasteiger partial charge < -0.3 is 5.11 Å². The van der Waals surface area contributed by atoms with E-state index in [1.165, 1.54) is 5.56 Å². The van der Waals surface area contributed by atoms with Crippen molar-refractivity contribution in [1.29, 1.82) is 0 Å². The van der Waals surface area contributed by atoms with Crippen molar-refractivity contribution in [2.45, 2.75) is 25.4 Å². The van der Waals surface area contributed by atoms with E-state index in [-0.39, 0.29) is 24.8 Å². The standard InChI is InChI=1S/C21H25F3N2O/c22-19-6-7-20(23)21(24)18(19)15-25-11-12-26(17(14-25)9-13-27)10-8-16-4-2-1-3-5-16/h1-7,17,27H,8-15H2/t17-/m0/s1. The SMILES string of the molecule is OCC[C@H]1CN(Cc2c(F)ccc(F)c2F)CCN1CCc1ccccc1. The summed E-state index contributed by atoms with van der Waals surface area (Å²) in [6.45, 7) is 2.94. The molecule has 1 fully saturated rings. The molecule has 3 nitrogen and oxygen atoms in total. The molecule has 2 aromatic rings. The van der Waals surface area contributed by atoms with Gasteiger partial charge in [-0.3, -0.25) is 9.80 Å². The number of aliphatic hydroxyl groups excluding tert-OH is 1. The maximum absolute atomic E-state index is 14.0. The molecule has 146 valence electrons.